The van der Waals surface area contributed by atoms with Gasteiger partial charge in [-0.25, -0.2) is 15.0 Å². The average molecular weight is 492 g/mol. The van der Waals surface area contributed by atoms with Gasteiger partial charge in [-0.15, -0.1) is 11.3 Å². The molecule has 3 heterocycles. The number of benzene rings is 1. The van der Waals surface area contributed by atoms with Gasteiger partial charge in [0.15, 0.2) is 12.4 Å². The smallest absolute Gasteiger partial charge is 0.306 e. The molecule has 4 aromatic rings. The molecule has 0 aliphatic heterocycles. The quantitative estimate of drug-likeness (QED) is 0.365. The van der Waals surface area contributed by atoms with Crippen LogP contribution in [0.5, 0.6) is 0 Å². The summed E-state index contributed by atoms with van der Waals surface area (Å²) in [6, 6.07) is 7.60. The van der Waals surface area contributed by atoms with Crippen LogP contribution in [-0.4, -0.2) is 25.5 Å². The van der Waals surface area contributed by atoms with Gasteiger partial charge in [0.05, 0.1) is 22.8 Å². The molecule has 1 aliphatic carbocycles. The van der Waals surface area contributed by atoms with Gasteiger partial charge in [0.1, 0.15) is 16.3 Å². The molecule has 1 aliphatic rings. The van der Waals surface area contributed by atoms with Crippen LogP contribution < -0.4 is 11.3 Å². The molecule has 0 fully saturated rings. The number of carbonyl (C=O) groups excluding carboxylic acids is 1. The first-order valence-corrected chi connectivity index (χ1v) is 13.1. The highest BCUT2D eigenvalue weighted by Crippen LogP contribution is 2.37. The summed E-state index contributed by atoms with van der Waals surface area (Å²) >= 11 is 1.66. The molecule has 0 atom stereocenters. The number of aromatic nitrogens is 4. The number of fused-ring (bicyclic) bond motifs is 4. The monoisotopic (exact) mass is 491 g/mol. The van der Waals surface area contributed by atoms with Crippen molar-refractivity contribution in [1.29, 1.82) is 0 Å². The molecule has 0 bridgehead atoms. The summed E-state index contributed by atoms with van der Waals surface area (Å²) in [6.07, 6.45) is 6.57. The van der Waals surface area contributed by atoms with E-state index in [9.17, 15) is 9.59 Å². The number of nitrogens with zero attached hydrogens (tertiary/aromatic N) is 4. The van der Waals surface area contributed by atoms with Crippen LogP contribution in [0.15, 0.2) is 29.1 Å². The minimum atomic E-state index is -0.424. The van der Waals surface area contributed by atoms with Crippen LogP contribution in [0.2, 0.25) is 0 Å². The number of unbranched alkanes of at least 4 members (excludes halogenated alkanes) is 1. The Morgan fingerprint density at radius 2 is 2.00 bits per heavy atom. The van der Waals surface area contributed by atoms with Crippen LogP contribution in [0.1, 0.15) is 61.0 Å². The van der Waals surface area contributed by atoms with Crippen molar-refractivity contribution in [3.8, 4) is 0 Å². The molecule has 0 saturated heterocycles. The van der Waals surface area contributed by atoms with Crippen LogP contribution in [-0.2, 0) is 41.9 Å². The van der Waals surface area contributed by atoms with Crippen molar-refractivity contribution in [2.45, 2.75) is 71.4 Å². The van der Waals surface area contributed by atoms with E-state index >= 15 is 0 Å². The van der Waals surface area contributed by atoms with E-state index in [1.54, 1.807) is 15.9 Å². The number of anilines is 1. The number of carbonyl (C=O) groups is 1. The molecule has 0 unspecified atom stereocenters. The molecule has 0 amide bonds. The number of thiophene rings is 1. The third kappa shape index (κ3) is 4.77. The van der Waals surface area contributed by atoms with Gasteiger partial charge in [-0.2, -0.15) is 0 Å². The van der Waals surface area contributed by atoms with Crippen molar-refractivity contribution in [2.24, 2.45) is 0 Å². The lowest BCUT2D eigenvalue weighted by Crippen LogP contribution is -2.26. The topological polar surface area (TPSA) is 113 Å². The summed E-state index contributed by atoms with van der Waals surface area (Å²) in [7, 11) is 0. The second kappa shape index (κ2) is 10.1. The second-order valence-electron chi connectivity index (χ2n) is 8.93. The predicted molar refractivity (Wildman–Crippen MR) is 137 cm³/mol. The molecule has 2 N–H and O–H groups in total. The van der Waals surface area contributed by atoms with Gasteiger partial charge in [0, 0.05) is 17.8 Å². The maximum Gasteiger partial charge on any atom is 0.306 e. The number of nitrogen functional groups attached to an aromatic ring is 1. The zero-order valence-electron chi connectivity index (χ0n) is 19.9. The minimum Gasteiger partial charge on any atom is -0.457 e. The zero-order valence-corrected chi connectivity index (χ0v) is 20.7. The Bertz CT molecular complexity index is 1460. The summed E-state index contributed by atoms with van der Waals surface area (Å²) in [4.78, 5) is 41.3. The van der Waals surface area contributed by atoms with Crippen LogP contribution in [0.3, 0.4) is 0 Å². The number of aryl methyl sites for hydroxylation is 4. The number of hydrogen-bond acceptors (Lipinski definition) is 8. The molecule has 0 saturated carbocycles. The summed E-state index contributed by atoms with van der Waals surface area (Å²) in [5, 5.41) is 0.960. The van der Waals surface area contributed by atoms with Gasteiger partial charge < -0.3 is 15.0 Å². The summed E-state index contributed by atoms with van der Waals surface area (Å²) < 4.78 is 7.19. The molecular weight excluding hydrogens is 462 g/mol. The maximum atomic E-state index is 13.0. The van der Waals surface area contributed by atoms with E-state index in [4.69, 9.17) is 10.5 Å². The Morgan fingerprint density at radius 3 is 2.86 bits per heavy atom. The fourth-order valence-corrected chi connectivity index (χ4v) is 5.97. The normalized spacial score (nSPS) is 13.3. The standard InChI is InChI=1S/C26H29N5O3S/c1-2-3-14-31-19-10-6-5-9-17(19)28-18(26(31)33)12-13-22(32)34-15-21-29-24(27)23-16-8-4-7-11-20(16)35-25(23)30-21/h5-6,9-10H,2-4,7-8,11-15H2,1H3,(H2,27,29,30). The molecule has 3 aromatic heterocycles. The van der Waals surface area contributed by atoms with E-state index in [2.05, 4.69) is 21.9 Å². The van der Waals surface area contributed by atoms with E-state index in [1.807, 2.05) is 24.3 Å². The van der Waals surface area contributed by atoms with E-state index in [0.29, 0.717) is 23.9 Å². The first-order chi connectivity index (χ1) is 17.0. The molecule has 0 spiro atoms. The molecule has 8 nitrogen and oxygen atoms in total. The Balaban J connectivity index is 1.27. The molecule has 182 valence electrons. The van der Waals surface area contributed by atoms with Gasteiger partial charge in [-0.3, -0.25) is 9.59 Å². The number of hydrogen-bond donors (Lipinski definition) is 1. The summed E-state index contributed by atoms with van der Waals surface area (Å²) in [6.45, 7) is 2.67. The van der Waals surface area contributed by atoms with Crippen molar-refractivity contribution in [2.75, 3.05) is 5.73 Å². The van der Waals surface area contributed by atoms with Gasteiger partial charge in [-0.05, 0) is 49.8 Å². The molecule has 35 heavy (non-hydrogen) atoms. The maximum absolute atomic E-state index is 13.0. The van der Waals surface area contributed by atoms with Crippen LogP contribution in [0.4, 0.5) is 5.82 Å². The van der Waals surface area contributed by atoms with E-state index in [0.717, 1.165) is 53.4 Å². The number of nitrogens with two attached hydrogens (primary N) is 1. The van der Waals surface area contributed by atoms with Gasteiger partial charge >= 0.3 is 5.97 Å². The van der Waals surface area contributed by atoms with Crippen molar-refractivity contribution >= 4 is 44.4 Å². The van der Waals surface area contributed by atoms with Crippen molar-refractivity contribution in [3.05, 3.63) is 56.6 Å². The first-order valence-electron chi connectivity index (χ1n) is 12.3. The SMILES string of the molecule is CCCCn1c(=O)c(CCC(=O)OCc2nc(N)c3c4c(sc3n2)CCCC4)nc2ccccc21. The van der Waals surface area contributed by atoms with Crippen molar-refractivity contribution in [1.82, 2.24) is 19.5 Å². The lowest BCUT2D eigenvalue weighted by Gasteiger charge is -2.12. The van der Waals surface area contributed by atoms with Gasteiger partial charge in [0.2, 0.25) is 0 Å². The highest BCUT2D eigenvalue weighted by Gasteiger charge is 2.20. The second-order valence-corrected chi connectivity index (χ2v) is 10.0. The Morgan fingerprint density at radius 1 is 1.17 bits per heavy atom. The number of para-hydroxylation sites is 2. The predicted octanol–water partition coefficient (Wildman–Crippen LogP) is 4.34. The van der Waals surface area contributed by atoms with Crippen LogP contribution in [0.25, 0.3) is 21.3 Å². The third-order valence-electron chi connectivity index (χ3n) is 6.47. The number of ether oxygens (including phenoxy) is 1. The van der Waals surface area contributed by atoms with Gasteiger partial charge in [-0.1, -0.05) is 25.5 Å². The lowest BCUT2D eigenvalue weighted by atomic mass is 9.97. The van der Waals surface area contributed by atoms with Crippen molar-refractivity contribution in [3.63, 3.8) is 0 Å². The van der Waals surface area contributed by atoms with Crippen LogP contribution >= 0.6 is 11.3 Å². The fraction of sp³-hybridized carbons (Fsp3) is 0.423. The zero-order chi connectivity index (χ0) is 24.4. The fourth-order valence-electron chi connectivity index (χ4n) is 4.68. The third-order valence-corrected chi connectivity index (χ3v) is 7.66. The summed E-state index contributed by atoms with van der Waals surface area (Å²) in [5.74, 6) is 0.424. The average Bonchev–Trinajstić information content (AvgIpc) is 3.25. The number of esters is 1. The molecule has 1 aromatic carbocycles. The van der Waals surface area contributed by atoms with E-state index < -0.39 is 5.97 Å². The molecule has 9 heteroatoms. The molecule has 5 rings (SSSR count). The highest BCUT2D eigenvalue weighted by atomic mass is 32.1. The minimum absolute atomic E-state index is 0.0482. The Hall–Kier alpha value is -3.33. The molecular formula is C26H29N5O3S. The highest BCUT2D eigenvalue weighted by molar-refractivity contribution is 7.19. The number of rotatable bonds is 8. The van der Waals surface area contributed by atoms with Crippen LogP contribution in [0, 0.1) is 0 Å². The van der Waals surface area contributed by atoms with E-state index in [-0.39, 0.29) is 25.0 Å². The van der Waals surface area contributed by atoms with E-state index in [1.165, 1.54) is 16.9 Å². The largest absolute Gasteiger partial charge is 0.457 e. The molecule has 0 radical (unpaired) electrons. The first kappa shape index (κ1) is 23.4. The Kier molecular flexibility index (Phi) is 6.77. The summed E-state index contributed by atoms with van der Waals surface area (Å²) in [5.41, 5.74) is 9.33. The lowest BCUT2D eigenvalue weighted by molar-refractivity contribution is -0.145. The Labute approximate surface area is 207 Å². The van der Waals surface area contributed by atoms with Crippen molar-refractivity contribution < 1.29 is 9.53 Å². The van der Waals surface area contributed by atoms with Gasteiger partial charge in [0.25, 0.3) is 5.56 Å².